The zero-order valence-corrected chi connectivity index (χ0v) is 13.0. The average molecular weight is 311 g/mol. The third-order valence-corrected chi connectivity index (χ3v) is 3.96. The Bertz CT molecular complexity index is 448. The van der Waals surface area contributed by atoms with Crippen molar-refractivity contribution in [1.29, 1.82) is 0 Å². The van der Waals surface area contributed by atoms with Crippen molar-refractivity contribution in [3.63, 3.8) is 0 Å². The van der Waals surface area contributed by atoms with E-state index in [1.54, 1.807) is 6.07 Å². The van der Waals surface area contributed by atoms with Gasteiger partial charge >= 0.3 is 0 Å². The van der Waals surface area contributed by atoms with E-state index >= 15 is 0 Å². The number of carbonyl (C=O) groups excluding carboxylic acids is 1. The Hall–Kier alpha value is -1.10. The molecule has 116 valence electrons. The third-order valence-electron chi connectivity index (χ3n) is 3.59. The van der Waals surface area contributed by atoms with Crippen LogP contribution in [0.5, 0.6) is 0 Å². The van der Waals surface area contributed by atoms with Crippen LogP contribution < -0.4 is 10.6 Å². The van der Waals surface area contributed by atoms with E-state index in [0.29, 0.717) is 30.7 Å². The number of hydrogen-bond acceptors (Lipinski definition) is 3. The quantitative estimate of drug-likeness (QED) is 0.759. The van der Waals surface area contributed by atoms with Gasteiger partial charge in [0.15, 0.2) is 0 Å². The molecule has 0 aromatic heterocycles. The fourth-order valence-corrected chi connectivity index (χ4v) is 2.59. The Balaban J connectivity index is 1.56. The van der Waals surface area contributed by atoms with Gasteiger partial charge in [-0.1, -0.05) is 29.8 Å². The van der Waals surface area contributed by atoms with E-state index in [2.05, 4.69) is 10.6 Å². The van der Waals surface area contributed by atoms with Crippen LogP contribution in [0.3, 0.4) is 0 Å². The van der Waals surface area contributed by atoms with Crippen molar-refractivity contribution < 1.29 is 9.53 Å². The number of amides is 1. The van der Waals surface area contributed by atoms with E-state index in [0.717, 1.165) is 37.9 Å². The minimum Gasteiger partial charge on any atom is -0.378 e. The van der Waals surface area contributed by atoms with Gasteiger partial charge in [-0.2, -0.15) is 0 Å². The summed E-state index contributed by atoms with van der Waals surface area (Å²) in [5.74, 6) is 0.00460. The van der Waals surface area contributed by atoms with Crippen LogP contribution >= 0.6 is 11.6 Å². The lowest BCUT2D eigenvalue weighted by Crippen LogP contribution is -2.33. The summed E-state index contributed by atoms with van der Waals surface area (Å²) in [6.07, 6.45) is 3.72. The van der Waals surface area contributed by atoms with E-state index in [4.69, 9.17) is 16.3 Å². The largest absolute Gasteiger partial charge is 0.378 e. The second-order valence-electron chi connectivity index (χ2n) is 5.29. The fraction of sp³-hybridized carbons (Fsp3) is 0.562. The fourth-order valence-electron chi connectivity index (χ4n) is 2.39. The first-order chi connectivity index (χ1) is 10.3. The number of benzene rings is 1. The number of halogens is 1. The van der Waals surface area contributed by atoms with Crippen molar-refractivity contribution in [2.45, 2.75) is 31.8 Å². The first-order valence-corrected chi connectivity index (χ1v) is 7.96. The van der Waals surface area contributed by atoms with Crippen LogP contribution in [0.2, 0.25) is 5.02 Å². The molecule has 1 aromatic rings. The van der Waals surface area contributed by atoms with E-state index in [1.165, 1.54) is 0 Å². The summed E-state index contributed by atoms with van der Waals surface area (Å²) in [6.45, 7) is 3.43. The zero-order valence-electron chi connectivity index (χ0n) is 12.2. The molecule has 0 saturated carbocycles. The van der Waals surface area contributed by atoms with Crippen LogP contribution in [0.15, 0.2) is 24.3 Å². The Kier molecular flexibility index (Phi) is 7.00. The van der Waals surface area contributed by atoms with Crippen LogP contribution in [-0.2, 0) is 16.0 Å². The normalized spacial score (nSPS) is 15.9. The standard InChI is InChI=1S/C16H23ClN2O2/c17-15-5-2-1-4-13(15)12-16(20)19-8-3-11-21-14-6-9-18-10-7-14/h1-2,4-5,14,18H,3,6-12H2,(H,19,20). The summed E-state index contributed by atoms with van der Waals surface area (Å²) in [6, 6.07) is 7.43. The molecule has 2 N–H and O–H groups in total. The topological polar surface area (TPSA) is 50.4 Å². The molecule has 0 aliphatic carbocycles. The molecule has 0 bridgehead atoms. The zero-order chi connectivity index (χ0) is 14.9. The predicted octanol–water partition coefficient (Wildman–Crippen LogP) is 2.16. The first-order valence-electron chi connectivity index (χ1n) is 7.58. The lowest BCUT2D eigenvalue weighted by Gasteiger charge is -2.22. The molecule has 0 atom stereocenters. The molecule has 4 nitrogen and oxygen atoms in total. The van der Waals surface area contributed by atoms with Crippen molar-refractivity contribution >= 4 is 17.5 Å². The number of nitrogens with one attached hydrogen (secondary N) is 2. The second kappa shape index (κ2) is 9.03. The van der Waals surface area contributed by atoms with Crippen LogP contribution in [0.25, 0.3) is 0 Å². The van der Waals surface area contributed by atoms with Crippen molar-refractivity contribution in [3.05, 3.63) is 34.9 Å². The molecule has 5 heteroatoms. The highest BCUT2D eigenvalue weighted by Crippen LogP contribution is 2.15. The number of carbonyl (C=O) groups is 1. The Morgan fingerprint density at radius 2 is 2.10 bits per heavy atom. The van der Waals surface area contributed by atoms with Gasteiger partial charge in [-0.3, -0.25) is 4.79 Å². The molecule has 1 fully saturated rings. The highest BCUT2D eigenvalue weighted by Gasteiger charge is 2.12. The van der Waals surface area contributed by atoms with E-state index < -0.39 is 0 Å². The number of rotatable bonds is 7. The Labute approximate surface area is 131 Å². The SMILES string of the molecule is O=C(Cc1ccccc1Cl)NCCCOC1CCNCC1. The lowest BCUT2D eigenvalue weighted by atomic mass is 10.1. The summed E-state index contributed by atoms with van der Waals surface area (Å²) in [4.78, 5) is 11.8. The number of piperidine rings is 1. The highest BCUT2D eigenvalue weighted by molar-refractivity contribution is 6.31. The lowest BCUT2D eigenvalue weighted by molar-refractivity contribution is -0.120. The maximum Gasteiger partial charge on any atom is 0.224 e. The molecule has 0 unspecified atom stereocenters. The van der Waals surface area contributed by atoms with E-state index in [9.17, 15) is 4.79 Å². The summed E-state index contributed by atoms with van der Waals surface area (Å²) < 4.78 is 5.79. The highest BCUT2D eigenvalue weighted by atomic mass is 35.5. The summed E-state index contributed by atoms with van der Waals surface area (Å²) in [5, 5.41) is 6.86. The van der Waals surface area contributed by atoms with Crippen LogP contribution in [0.4, 0.5) is 0 Å². The monoisotopic (exact) mass is 310 g/mol. The van der Waals surface area contributed by atoms with Gasteiger partial charge < -0.3 is 15.4 Å². The second-order valence-corrected chi connectivity index (χ2v) is 5.70. The Morgan fingerprint density at radius 3 is 2.86 bits per heavy atom. The molecule has 1 aromatic carbocycles. The summed E-state index contributed by atoms with van der Waals surface area (Å²) in [5.41, 5.74) is 0.864. The predicted molar refractivity (Wildman–Crippen MR) is 84.6 cm³/mol. The molecule has 0 spiro atoms. The van der Waals surface area contributed by atoms with Gasteiger partial charge in [0.05, 0.1) is 12.5 Å². The van der Waals surface area contributed by atoms with Crippen LogP contribution in [0, 0.1) is 0 Å². The average Bonchev–Trinajstić information content (AvgIpc) is 2.50. The number of hydrogen-bond donors (Lipinski definition) is 2. The van der Waals surface area contributed by atoms with Gasteiger partial charge in [-0.25, -0.2) is 0 Å². The minimum atomic E-state index is 0.00460. The molecule has 2 rings (SSSR count). The van der Waals surface area contributed by atoms with Crippen LogP contribution in [0.1, 0.15) is 24.8 Å². The molecule has 0 radical (unpaired) electrons. The molecule has 21 heavy (non-hydrogen) atoms. The minimum absolute atomic E-state index is 0.00460. The summed E-state index contributed by atoms with van der Waals surface area (Å²) >= 11 is 6.03. The van der Waals surface area contributed by atoms with Gasteiger partial charge in [0.25, 0.3) is 0 Å². The van der Waals surface area contributed by atoms with Gasteiger partial charge in [0, 0.05) is 18.2 Å². The molecule has 1 heterocycles. The molecule has 1 aliphatic rings. The van der Waals surface area contributed by atoms with E-state index in [-0.39, 0.29) is 5.91 Å². The summed E-state index contributed by atoms with van der Waals surface area (Å²) in [7, 11) is 0. The first kappa shape index (κ1) is 16.3. The van der Waals surface area contributed by atoms with E-state index in [1.807, 2.05) is 18.2 Å². The van der Waals surface area contributed by atoms with Gasteiger partial charge in [0.2, 0.25) is 5.91 Å². The molecule has 1 saturated heterocycles. The molecular weight excluding hydrogens is 288 g/mol. The maximum atomic E-state index is 11.8. The van der Waals surface area contributed by atoms with Gasteiger partial charge in [0.1, 0.15) is 0 Å². The maximum absolute atomic E-state index is 11.8. The van der Waals surface area contributed by atoms with Crippen molar-refractivity contribution in [3.8, 4) is 0 Å². The van der Waals surface area contributed by atoms with Crippen LogP contribution in [-0.4, -0.2) is 38.3 Å². The van der Waals surface area contributed by atoms with Crippen molar-refractivity contribution in [1.82, 2.24) is 10.6 Å². The van der Waals surface area contributed by atoms with Gasteiger partial charge in [-0.05, 0) is 44.0 Å². The molecule has 1 aliphatic heterocycles. The van der Waals surface area contributed by atoms with Crippen molar-refractivity contribution in [2.24, 2.45) is 0 Å². The molecular formula is C16H23ClN2O2. The van der Waals surface area contributed by atoms with Gasteiger partial charge in [-0.15, -0.1) is 0 Å². The molecule has 1 amide bonds. The van der Waals surface area contributed by atoms with Crippen molar-refractivity contribution in [2.75, 3.05) is 26.2 Å². The third kappa shape index (κ3) is 6.04. The number of ether oxygens (including phenoxy) is 1. The Morgan fingerprint density at radius 1 is 1.33 bits per heavy atom. The smallest absolute Gasteiger partial charge is 0.224 e.